The van der Waals surface area contributed by atoms with Crippen LogP contribution in [-0.2, 0) is 0 Å². The van der Waals surface area contributed by atoms with Gasteiger partial charge in [0.25, 0.3) is 0 Å². The molecule has 2 bridgehead atoms. The van der Waals surface area contributed by atoms with E-state index in [4.69, 9.17) is 27.9 Å². The molecule has 0 aromatic carbocycles. The van der Waals surface area contributed by atoms with Gasteiger partial charge in [0.2, 0.25) is 0 Å². The van der Waals surface area contributed by atoms with Crippen molar-refractivity contribution in [1.29, 1.82) is 0 Å². The summed E-state index contributed by atoms with van der Waals surface area (Å²) in [7, 11) is 0. The van der Waals surface area contributed by atoms with Crippen LogP contribution in [0.1, 0.15) is 40.0 Å². The van der Waals surface area contributed by atoms with Crippen molar-refractivity contribution in [3.8, 4) is 5.75 Å². The fraction of sp³-hybridized carbons (Fsp3) is 0.714. The minimum atomic E-state index is 0.180. The molecular weight excluding hydrogens is 283 g/mol. The van der Waals surface area contributed by atoms with E-state index >= 15 is 0 Å². The largest absolute Gasteiger partial charge is 0.486 e. The minimum Gasteiger partial charge on any atom is -0.486 e. The van der Waals surface area contributed by atoms with Crippen molar-refractivity contribution >= 4 is 23.2 Å². The Balaban J connectivity index is 1.88. The van der Waals surface area contributed by atoms with Gasteiger partial charge in [0.05, 0.1) is 0 Å². The molecule has 2 saturated carbocycles. The van der Waals surface area contributed by atoms with Gasteiger partial charge in [0.1, 0.15) is 6.10 Å². The summed E-state index contributed by atoms with van der Waals surface area (Å²) in [6.45, 7) is 7.04. The predicted octanol–water partition coefficient (Wildman–Crippen LogP) is 4.38. The van der Waals surface area contributed by atoms with E-state index in [0.29, 0.717) is 16.3 Å². The normalized spacial score (nSPS) is 35.6. The van der Waals surface area contributed by atoms with Crippen molar-refractivity contribution in [2.45, 2.75) is 46.1 Å². The van der Waals surface area contributed by atoms with Crippen molar-refractivity contribution in [3.05, 3.63) is 16.4 Å². The summed E-state index contributed by atoms with van der Waals surface area (Å²) < 4.78 is 6.14. The molecule has 0 saturated heterocycles. The number of rotatable bonds is 2. The molecule has 3 rings (SSSR count). The van der Waals surface area contributed by atoms with Gasteiger partial charge in [0, 0.05) is 11.5 Å². The lowest BCUT2D eigenvalue weighted by atomic mass is 9.70. The Kier molecular flexibility index (Phi) is 2.99. The van der Waals surface area contributed by atoms with Crippen molar-refractivity contribution in [3.63, 3.8) is 0 Å². The minimum absolute atomic E-state index is 0.180. The summed E-state index contributed by atoms with van der Waals surface area (Å²) >= 11 is 11.9. The van der Waals surface area contributed by atoms with E-state index in [1.165, 1.54) is 12.8 Å². The standard InChI is InChI=1S/C14H18Cl2N2O/c1-13(2)8-4-5-14(13,3)10(6-8)19-9-7-11(15)17-18-12(9)16/h7-8,10H,4-6H2,1-3H3. The van der Waals surface area contributed by atoms with Crippen LogP contribution in [0.4, 0.5) is 0 Å². The molecule has 104 valence electrons. The van der Waals surface area contributed by atoms with Gasteiger partial charge in [-0.25, -0.2) is 0 Å². The summed E-state index contributed by atoms with van der Waals surface area (Å²) in [6.07, 6.45) is 3.77. The van der Waals surface area contributed by atoms with E-state index in [1.54, 1.807) is 6.07 Å². The fourth-order valence-corrected chi connectivity index (χ4v) is 4.16. The first-order valence-corrected chi connectivity index (χ1v) is 7.45. The third kappa shape index (κ3) is 1.85. The van der Waals surface area contributed by atoms with Crippen molar-refractivity contribution in [2.75, 3.05) is 0 Å². The molecule has 3 nitrogen and oxygen atoms in total. The number of halogens is 2. The van der Waals surface area contributed by atoms with Crippen LogP contribution < -0.4 is 4.74 Å². The van der Waals surface area contributed by atoms with E-state index < -0.39 is 0 Å². The van der Waals surface area contributed by atoms with Crippen molar-refractivity contribution in [2.24, 2.45) is 16.7 Å². The maximum atomic E-state index is 6.14. The Morgan fingerprint density at radius 3 is 2.58 bits per heavy atom. The zero-order valence-corrected chi connectivity index (χ0v) is 12.9. The number of aromatic nitrogens is 2. The molecule has 0 N–H and O–H groups in total. The van der Waals surface area contributed by atoms with E-state index in [-0.39, 0.29) is 16.7 Å². The van der Waals surface area contributed by atoms with Gasteiger partial charge in [0.15, 0.2) is 16.1 Å². The second-order valence-electron chi connectivity index (χ2n) is 6.54. The van der Waals surface area contributed by atoms with Crippen LogP contribution in [0.15, 0.2) is 6.07 Å². The number of fused-ring (bicyclic) bond motifs is 2. The molecule has 19 heavy (non-hydrogen) atoms. The highest BCUT2D eigenvalue weighted by Gasteiger charge is 2.62. The molecule has 2 aliphatic rings. The van der Waals surface area contributed by atoms with Gasteiger partial charge in [-0.05, 0) is 30.6 Å². The number of hydrogen-bond donors (Lipinski definition) is 0. The van der Waals surface area contributed by atoms with Gasteiger partial charge in [-0.2, -0.15) is 0 Å². The van der Waals surface area contributed by atoms with Crippen molar-refractivity contribution < 1.29 is 4.74 Å². The second kappa shape index (κ2) is 4.23. The molecule has 0 spiro atoms. The second-order valence-corrected chi connectivity index (χ2v) is 7.28. The first kappa shape index (κ1) is 13.4. The molecule has 3 atom stereocenters. The monoisotopic (exact) mass is 300 g/mol. The zero-order valence-electron chi connectivity index (χ0n) is 11.4. The van der Waals surface area contributed by atoms with Gasteiger partial charge in [-0.3, -0.25) is 0 Å². The van der Waals surface area contributed by atoms with E-state index in [2.05, 4.69) is 31.0 Å². The molecule has 0 aliphatic heterocycles. The lowest BCUT2D eigenvalue weighted by Gasteiger charge is -2.38. The van der Waals surface area contributed by atoms with Gasteiger partial charge in [-0.15, -0.1) is 10.2 Å². The summed E-state index contributed by atoms with van der Waals surface area (Å²) in [5.41, 5.74) is 0.505. The Morgan fingerprint density at radius 1 is 1.26 bits per heavy atom. The van der Waals surface area contributed by atoms with Crippen molar-refractivity contribution in [1.82, 2.24) is 10.2 Å². The Morgan fingerprint density at radius 2 is 2.00 bits per heavy atom. The molecule has 2 fully saturated rings. The van der Waals surface area contributed by atoms with Crippen LogP contribution in [0.25, 0.3) is 0 Å². The van der Waals surface area contributed by atoms with Crippen LogP contribution in [0.5, 0.6) is 5.75 Å². The first-order valence-electron chi connectivity index (χ1n) is 6.70. The molecule has 2 aliphatic carbocycles. The molecule has 5 heteroatoms. The molecular formula is C14H18Cl2N2O. The third-order valence-corrected chi connectivity index (χ3v) is 6.12. The highest BCUT2D eigenvalue weighted by molar-refractivity contribution is 6.32. The topological polar surface area (TPSA) is 35.0 Å². The van der Waals surface area contributed by atoms with Gasteiger partial charge in [-0.1, -0.05) is 44.0 Å². The molecule has 3 unspecified atom stereocenters. The summed E-state index contributed by atoms with van der Waals surface area (Å²) in [5.74, 6) is 1.28. The van der Waals surface area contributed by atoms with Gasteiger partial charge < -0.3 is 4.74 Å². The van der Waals surface area contributed by atoms with Crippen LogP contribution in [0, 0.1) is 16.7 Å². The maximum Gasteiger partial charge on any atom is 0.193 e. The van der Waals surface area contributed by atoms with Crippen LogP contribution in [-0.4, -0.2) is 16.3 Å². The van der Waals surface area contributed by atoms with Crippen LogP contribution in [0.2, 0.25) is 10.3 Å². The SMILES string of the molecule is CC1(C)C2CCC1(C)C(Oc1cc(Cl)nnc1Cl)C2. The van der Waals surface area contributed by atoms with Crippen LogP contribution in [0.3, 0.4) is 0 Å². The zero-order chi connectivity index (χ0) is 13.8. The third-order valence-electron chi connectivity index (χ3n) is 5.67. The number of ether oxygens (including phenoxy) is 1. The summed E-state index contributed by atoms with van der Waals surface area (Å²) in [4.78, 5) is 0. The molecule has 1 aromatic heterocycles. The average molecular weight is 301 g/mol. The Bertz CT molecular complexity index is 520. The predicted molar refractivity (Wildman–Crippen MR) is 75.7 cm³/mol. The number of nitrogens with zero attached hydrogens (tertiary/aromatic N) is 2. The molecule has 1 aromatic rings. The molecule has 0 amide bonds. The summed E-state index contributed by atoms with van der Waals surface area (Å²) in [6, 6.07) is 1.65. The summed E-state index contributed by atoms with van der Waals surface area (Å²) in [5, 5.41) is 8.11. The molecule has 1 heterocycles. The highest BCUT2D eigenvalue weighted by Crippen LogP contribution is 2.66. The Hall–Kier alpha value is -0.540. The highest BCUT2D eigenvalue weighted by atomic mass is 35.5. The number of hydrogen-bond acceptors (Lipinski definition) is 3. The fourth-order valence-electron chi connectivity index (χ4n) is 3.88. The van der Waals surface area contributed by atoms with E-state index in [9.17, 15) is 0 Å². The lowest BCUT2D eigenvalue weighted by molar-refractivity contribution is 0.0299. The average Bonchev–Trinajstić information content (AvgIpc) is 2.67. The lowest BCUT2D eigenvalue weighted by Crippen LogP contribution is -2.38. The van der Waals surface area contributed by atoms with Crippen LogP contribution >= 0.6 is 23.2 Å². The maximum absolute atomic E-state index is 6.14. The van der Waals surface area contributed by atoms with Gasteiger partial charge >= 0.3 is 0 Å². The molecule has 0 radical (unpaired) electrons. The van der Waals surface area contributed by atoms with E-state index in [1.807, 2.05) is 0 Å². The first-order chi connectivity index (χ1) is 8.84. The van der Waals surface area contributed by atoms with E-state index in [0.717, 1.165) is 12.3 Å². The Labute approximate surface area is 123 Å². The smallest absolute Gasteiger partial charge is 0.193 e. The quantitative estimate of drug-likeness (QED) is 0.813.